The highest BCUT2D eigenvalue weighted by Gasteiger charge is 2.28. The van der Waals surface area contributed by atoms with E-state index in [0.717, 1.165) is 17.6 Å². The Morgan fingerprint density at radius 2 is 2.00 bits per heavy atom. The molecule has 3 rings (SSSR count). The molecule has 2 aromatic rings. The van der Waals surface area contributed by atoms with Gasteiger partial charge in [-0.25, -0.2) is 13.8 Å². The van der Waals surface area contributed by atoms with Gasteiger partial charge >= 0.3 is 0 Å². The second-order valence-electron chi connectivity index (χ2n) is 6.16. The van der Waals surface area contributed by atoms with Crippen LogP contribution in [0.5, 0.6) is 5.75 Å². The minimum Gasteiger partial charge on any atom is -0.507 e. The second kappa shape index (κ2) is 7.04. The van der Waals surface area contributed by atoms with Crippen LogP contribution >= 0.6 is 0 Å². The van der Waals surface area contributed by atoms with Crippen molar-refractivity contribution in [2.45, 2.75) is 25.8 Å². The zero-order chi connectivity index (χ0) is 18.0. The Kier molecular flexibility index (Phi) is 4.83. The number of phenolic OH excluding ortho intramolecular Hbond substituents is 1. The quantitative estimate of drug-likeness (QED) is 0.895. The number of aromatic hydroxyl groups is 1. The molecular formula is C18H19F2N3O2. The molecule has 5 nitrogen and oxygen atoms in total. The summed E-state index contributed by atoms with van der Waals surface area (Å²) < 4.78 is 26.9. The fraction of sp³-hybridized carbons (Fsp3) is 0.333. The largest absolute Gasteiger partial charge is 0.507 e. The lowest BCUT2D eigenvalue weighted by molar-refractivity contribution is 0.0710. The van der Waals surface area contributed by atoms with E-state index < -0.39 is 28.9 Å². The minimum absolute atomic E-state index is 0.157. The summed E-state index contributed by atoms with van der Waals surface area (Å²) in [5.41, 5.74) is 0.438. The highest BCUT2D eigenvalue weighted by Crippen LogP contribution is 2.25. The minimum atomic E-state index is -1.05. The number of hydrogen-bond donors (Lipinski definition) is 2. The first-order valence-electron chi connectivity index (χ1n) is 8.11. The Morgan fingerprint density at radius 3 is 2.64 bits per heavy atom. The smallest absolute Gasteiger partial charge is 0.260 e. The fourth-order valence-corrected chi connectivity index (χ4v) is 2.99. The third kappa shape index (κ3) is 3.87. The first kappa shape index (κ1) is 17.1. The van der Waals surface area contributed by atoms with Crippen LogP contribution in [0.15, 0.2) is 30.3 Å². The van der Waals surface area contributed by atoms with E-state index in [9.17, 15) is 18.7 Å². The molecule has 1 aromatic carbocycles. The number of pyridine rings is 1. The van der Waals surface area contributed by atoms with Crippen LogP contribution in [0.25, 0.3) is 0 Å². The maximum Gasteiger partial charge on any atom is 0.260 e. The second-order valence-corrected chi connectivity index (χ2v) is 6.16. The number of carbonyl (C=O) groups is 1. The van der Waals surface area contributed by atoms with Gasteiger partial charge in [-0.2, -0.15) is 0 Å². The number of rotatable bonds is 3. The first-order valence-corrected chi connectivity index (χ1v) is 8.11. The van der Waals surface area contributed by atoms with E-state index in [1.165, 1.54) is 4.90 Å². The lowest BCUT2D eigenvalue weighted by Crippen LogP contribution is -2.42. The van der Waals surface area contributed by atoms with E-state index in [2.05, 4.69) is 10.3 Å². The zero-order valence-electron chi connectivity index (χ0n) is 13.8. The molecule has 1 aromatic heterocycles. The summed E-state index contributed by atoms with van der Waals surface area (Å²) >= 11 is 0. The van der Waals surface area contributed by atoms with Gasteiger partial charge in [0.2, 0.25) is 0 Å². The number of piperidine rings is 1. The summed E-state index contributed by atoms with van der Waals surface area (Å²) in [6.45, 7) is 2.74. The van der Waals surface area contributed by atoms with E-state index in [0.29, 0.717) is 32.0 Å². The van der Waals surface area contributed by atoms with Crippen molar-refractivity contribution in [3.63, 3.8) is 0 Å². The van der Waals surface area contributed by atoms with Crippen molar-refractivity contribution in [2.75, 3.05) is 18.4 Å². The van der Waals surface area contributed by atoms with Gasteiger partial charge in [-0.05, 0) is 31.9 Å². The normalized spacial score (nSPS) is 15.2. The third-order valence-electron chi connectivity index (χ3n) is 4.27. The molecule has 0 unspecified atom stereocenters. The van der Waals surface area contributed by atoms with Crippen LogP contribution in [0.4, 0.5) is 14.6 Å². The highest BCUT2D eigenvalue weighted by molar-refractivity contribution is 5.97. The molecule has 1 saturated heterocycles. The number of likely N-dealkylation sites (tertiary alicyclic amines) is 1. The number of nitrogens with zero attached hydrogens (tertiary/aromatic N) is 2. The Bertz CT molecular complexity index is 767. The van der Waals surface area contributed by atoms with Crippen molar-refractivity contribution in [3.05, 3.63) is 53.2 Å². The highest BCUT2D eigenvalue weighted by atomic mass is 19.1. The Hall–Kier alpha value is -2.70. The molecule has 1 aliphatic rings. The van der Waals surface area contributed by atoms with Crippen LogP contribution in [-0.2, 0) is 0 Å². The van der Waals surface area contributed by atoms with Crippen molar-refractivity contribution >= 4 is 11.7 Å². The molecule has 1 fully saturated rings. The van der Waals surface area contributed by atoms with Crippen molar-refractivity contribution in [2.24, 2.45) is 0 Å². The number of carbonyl (C=O) groups excluding carboxylic acids is 1. The number of aromatic nitrogens is 1. The molecule has 1 aliphatic heterocycles. The first-order chi connectivity index (χ1) is 11.9. The van der Waals surface area contributed by atoms with Crippen LogP contribution in [0.2, 0.25) is 0 Å². The van der Waals surface area contributed by atoms with Gasteiger partial charge in [0.05, 0.1) is 0 Å². The predicted octanol–water partition coefficient (Wildman–Crippen LogP) is 3.09. The molecule has 0 aliphatic carbocycles. The topological polar surface area (TPSA) is 65.5 Å². The third-order valence-corrected chi connectivity index (χ3v) is 4.27. The number of phenols is 1. The standard InChI is InChI=1S/C18H19F2N3O2/c1-11-3-2-4-16(21-11)22-13-5-7-23(8-6-13)18(25)17-14(20)9-12(19)10-15(17)24/h2-4,9-10,13,24H,5-8H2,1H3,(H,21,22). The zero-order valence-corrected chi connectivity index (χ0v) is 13.8. The van der Waals surface area contributed by atoms with Gasteiger partial charge in [-0.15, -0.1) is 0 Å². The van der Waals surface area contributed by atoms with Gasteiger partial charge in [-0.3, -0.25) is 4.79 Å². The molecule has 25 heavy (non-hydrogen) atoms. The van der Waals surface area contributed by atoms with Gasteiger partial charge in [-0.1, -0.05) is 6.07 Å². The van der Waals surface area contributed by atoms with E-state index in [4.69, 9.17) is 0 Å². The molecule has 2 N–H and O–H groups in total. The van der Waals surface area contributed by atoms with Crippen LogP contribution in [0.3, 0.4) is 0 Å². The molecular weight excluding hydrogens is 328 g/mol. The molecule has 0 spiro atoms. The summed E-state index contributed by atoms with van der Waals surface area (Å²) in [4.78, 5) is 18.3. The lowest BCUT2D eigenvalue weighted by atomic mass is 10.0. The monoisotopic (exact) mass is 347 g/mol. The summed E-state index contributed by atoms with van der Waals surface area (Å²) in [5.74, 6) is -2.48. The summed E-state index contributed by atoms with van der Waals surface area (Å²) in [5, 5.41) is 13.0. The molecule has 1 amide bonds. The van der Waals surface area contributed by atoms with E-state index in [-0.39, 0.29) is 6.04 Å². The van der Waals surface area contributed by atoms with Crippen LogP contribution in [0, 0.1) is 18.6 Å². The number of benzene rings is 1. The van der Waals surface area contributed by atoms with Crippen molar-refractivity contribution in [1.29, 1.82) is 0 Å². The molecule has 0 radical (unpaired) electrons. The molecule has 0 atom stereocenters. The number of halogens is 2. The van der Waals surface area contributed by atoms with Gasteiger partial charge < -0.3 is 15.3 Å². The summed E-state index contributed by atoms with van der Waals surface area (Å²) in [6, 6.07) is 7.22. The number of nitrogens with one attached hydrogen (secondary N) is 1. The molecule has 7 heteroatoms. The van der Waals surface area contributed by atoms with Crippen LogP contribution in [-0.4, -0.2) is 40.0 Å². The van der Waals surface area contributed by atoms with Gasteiger partial charge in [0.25, 0.3) is 5.91 Å². The number of anilines is 1. The van der Waals surface area contributed by atoms with Gasteiger partial charge in [0.15, 0.2) is 0 Å². The van der Waals surface area contributed by atoms with Crippen LogP contribution < -0.4 is 5.32 Å². The Balaban J connectivity index is 1.63. The van der Waals surface area contributed by atoms with E-state index in [1.54, 1.807) is 0 Å². The van der Waals surface area contributed by atoms with Crippen LogP contribution in [0.1, 0.15) is 28.9 Å². The van der Waals surface area contributed by atoms with Crippen molar-refractivity contribution in [1.82, 2.24) is 9.88 Å². The molecule has 132 valence electrons. The molecule has 0 saturated carbocycles. The fourth-order valence-electron chi connectivity index (χ4n) is 2.99. The lowest BCUT2D eigenvalue weighted by Gasteiger charge is -2.33. The Labute approximate surface area is 144 Å². The van der Waals surface area contributed by atoms with Crippen molar-refractivity contribution < 1.29 is 18.7 Å². The predicted molar refractivity (Wildman–Crippen MR) is 89.5 cm³/mol. The SMILES string of the molecule is Cc1cccc(NC2CCN(C(=O)c3c(O)cc(F)cc3F)CC2)n1. The van der Waals surface area contributed by atoms with E-state index in [1.807, 2.05) is 25.1 Å². The molecule has 0 bridgehead atoms. The van der Waals surface area contributed by atoms with E-state index >= 15 is 0 Å². The van der Waals surface area contributed by atoms with Crippen molar-refractivity contribution in [3.8, 4) is 5.75 Å². The maximum absolute atomic E-state index is 13.9. The number of aryl methyl sites for hydroxylation is 1. The summed E-state index contributed by atoms with van der Waals surface area (Å²) in [7, 11) is 0. The Morgan fingerprint density at radius 1 is 1.28 bits per heavy atom. The average Bonchev–Trinajstić information content (AvgIpc) is 2.54. The number of amides is 1. The number of hydrogen-bond acceptors (Lipinski definition) is 4. The summed E-state index contributed by atoms with van der Waals surface area (Å²) in [6.07, 6.45) is 1.34. The van der Waals surface area contributed by atoms with Gasteiger partial charge in [0, 0.05) is 37.0 Å². The average molecular weight is 347 g/mol. The maximum atomic E-state index is 13.9. The molecule has 2 heterocycles. The van der Waals surface area contributed by atoms with Gasteiger partial charge in [0.1, 0.15) is 28.8 Å².